The van der Waals surface area contributed by atoms with Gasteiger partial charge in [-0.05, 0) is 38.8 Å². The lowest BCUT2D eigenvalue weighted by molar-refractivity contribution is -0.123. The van der Waals surface area contributed by atoms with Crippen LogP contribution in [0.1, 0.15) is 35.6 Å². The Balaban J connectivity index is 1.96. The van der Waals surface area contributed by atoms with Gasteiger partial charge in [0, 0.05) is 5.56 Å². The number of rotatable bonds is 5. The largest absolute Gasteiger partial charge is 0.466 e. The lowest BCUT2D eigenvalue weighted by Gasteiger charge is -2.17. The number of furan rings is 1. The molecule has 2 unspecified atom stereocenters. The Kier molecular flexibility index (Phi) is 4.81. The Hall–Kier alpha value is -2.07. The molecule has 1 heterocycles. The molecular formula is C17H22N2O2. The Bertz CT molecular complexity index is 605. The SMILES string of the molecule is Cc1cc(C(C)NC(=O)C(N)Cc2ccccc2)c(C)o1. The van der Waals surface area contributed by atoms with Gasteiger partial charge in [0.1, 0.15) is 11.5 Å². The second kappa shape index (κ2) is 6.59. The minimum atomic E-state index is -0.553. The van der Waals surface area contributed by atoms with Crippen molar-refractivity contribution in [3.05, 3.63) is 59.0 Å². The monoisotopic (exact) mass is 286 g/mol. The van der Waals surface area contributed by atoms with E-state index in [0.29, 0.717) is 6.42 Å². The van der Waals surface area contributed by atoms with Crippen LogP contribution in [0.5, 0.6) is 0 Å². The van der Waals surface area contributed by atoms with Gasteiger partial charge in [-0.25, -0.2) is 0 Å². The zero-order valence-electron chi connectivity index (χ0n) is 12.7. The summed E-state index contributed by atoms with van der Waals surface area (Å²) in [6.45, 7) is 5.73. The van der Waals surface area contributed by atoms with E-state index in [1.807, 2.05) is 57.2 Å². The van der Waals surface area contributed by atoms with Crippen LogP contribution in [0.25, 0.3) is 0 Å². The smallest absolute Gasteiger partial charge is 0.237 e. The second-order valence-electron chi connectivity index (χ2n) is 5.40. The van der Waals surface area contributed by atoms with Crippen molar-refractivity contribution in [2.75, 3.05) is 0 Å². The van der Waals surface area contributed by atoms with Crippen molar-refractivity contribution in [1.29, 1.82) is 0 Å². The van der Waals surface area contributed by atoms with Gasteiger partial charge in [-0.3, -0.25) is 4.79 Å². The maximum atomic E-state index is 12.2. The van der Waals surface area contributed by atoms with Crippen molar-refractivity contribution in [3.63, 3.8) is 0 Å². The van der Waals surface area contributed by atoms with Crippen LogP contribution in [0.4, 0.5) is 0 Å². The highest BCUT2D eigenvalue weighted by Crippen LogP contribution is 2.21. The molecule has 2 rings (SSSR count). The number of hydrogen-bond donors (Lipinski definition) is 2. The van der Waals surface area contributed by atoms with E-state index in [4.69, 9.17) is 10.2 Å². The molecule has 4 heteroatoms. The standard InChI is InChI=1S/C17H22N2O2/c1-11-9-15(13(3)21-11)12(2)19-17(20)16(18)10-14-7-5-4-6-8-14/h4-9,12,16H,10,18H2,1-3H3,(H,19,20). The summed E-state index contributed by atoms with van der Waals surface area (Å²) in [4.78, 5) is 12.2. The van der Waals surface area contributed by atoms with E-state index in [9.17, 15) is 4.79 Å². The van der Waals surface area contributed by atoms with Crippen LogP contribution in [-0.2, 0) is 11.2 Å². The van der Waals surface area contributed by atoms with Gasteiger partial charge < -0.3 is 15.5 Å². The van der Waals surface area contributed by atoms with E-state index in [1.165, 1.54) is 0 Å². The number of carbonyl (C=O) groups is 1. The number of carbonyl (C=O) groups excluding carboxylic acids is 1. The molecule has 2 aromatic rings. The highest BCUT2D eigenvalue weighted by molar-refractivity contribution is 5.82. The van der Waals surface area contributed by atoms with Crippen LogP contribution in [0.3, 0.4) is 0 Å². The van der Waals surface area contributed by atoms with Crippen LogP contribution >= 0.6 is 0 Å². The third-order valence-corrected chi connectivity index (χ3v) is 3.54. The van der Waals surface area contributed by atoms with Gasteiger partial charge >= 0.3 is 0 Å². The topological polar surface area (TPSA) is 68.3 Å². The summed E-state index contributed by atoms with van der Waals surface area (Å²) in [6.07, 6.45) is 0.531. The summed E-state index contributed by atoms with van der Waals surface area (Å²) in [5.74, 6) is 1.53. The minimum Gasteiger partial charge on any atom is -0.466 e. The first-order chi connectivity index (χ1) is 9.97. The molecule has 0 saturated carbocycles. The summed E-state index contributed by atoms with van der Waals surface area (Å²) >= 11 is 0. The number of nitrogens with one attached hydrogen (secondary N) is 1. The predicted molar refractivity (Wildman–Crippen MR) is 82.9 cm³/mol. The predicted octanol–water partition coefficient (Wildman–Crippen LogP) is 2.64. The van der Waals surface area contributed by atoms with Gasteiger partial charge in [0.15, 0.2) is 0 Å². The van der Waals surface area contributed by atoms with Crippen LogP contribution in [-0.4, -0.2) is 11.9 Å². The molecule has 0 aliphatic heterocycles. The lowest BCUT2D eigenvalue weighted by atomic mass is 10.0. The molecule has 1 amide bonds. The molecule has 3 N–H and O–H groups in total. The second-order valence-corrected chi connectivity index (χ2v) is 5.40. The number of amides is 1. The first-order valence-corrected chi connectivity index (χ1v) is 7.14. The van der Waals surface area contributed by atoms with Crippen molar-refractivity contribution in [2.45, 2.75) is 39.3 Å². The molecule has 4 nitrogen and oxygen atoms in total. The van der Waals surface area contributed by atoms with Gasteiger partial charge in [-0.2, -0.15) is 0 Å². The third-order valence-electron chi connectivity index (χ3n) is 3.54. The molecule has 1 aromatic heterocycles. The van der Waals surface area contributed by atoms with Crippen LogP contribution in [0.15, 0.2) is 40.8 Å². The molecule has 0 bridgehead atoms. The van der Waals surface area contributed by atoms with Crippen molar-refractivity contribution < 1.29 is 9.21 Å². The summed E-state index contributed by atoms with van der Waals surface area (Å²) in [6, 6.07) is 11.1. The molecule has 112 valence electrons. The fraction of sp³-hybridized carbons (Fsp3) is 0.353. The Morgan fingerprint density at radius 3 is 2.52 bits per heavy atom. The number of aryl methyl sites for hydroxylation is 2. The van der Waals surface area contributed by atoms with E-state index < -0.39 is 6.04 Å². The van der Waals surface area contributed by atoms with Crippen LogP contribution < -0.4 is 11.1 Å². The lowest BCUT2D eigenvalue weighted by Crippen LogP contribution is -2.43. The average molecular weight is 286 g/mol. The number of nitrogens with two attached hydrogens (primary N) is 1. The van der Waals surface area contributed by atoms with Crippen molar-refractivity contribution in [3.8, 4) is 0 Å². The average Bonchev–Trinajstić information content (AvgIpc) is 2.78. The quantitative estimate of drug-likeness (QED) is 0.888. The molecule has 1 aromatic carbocycles. The molecule has 0 aliphatic rings. The fourth-order valence-electron chi connectivity index (χ4n) is 2.44. The first kappa shape index (κ1) is 15.3. The molecule has 0 aliphatic carbocycles. The van der Waals surface area contributed by atoms with Gasteiger partial charge in [-0.15, -0.1) is 0 Å². The highest BCUT2D eigenvalue weighted by atomic mass is 16.3. The normalized spacial score (nSPS) is 13.7. The molecule has 0 saturated heterocycles. The maximum absolute atomic E-state index is 12.2. The molecule has 0 radical (unpaired) electrons. The van der Waals surface area contributed by atoms with E-state index in [0.717, 1.165) is 22.6 Å². The van der Waals surface area contributed by atoms with Crippen molar-refractivity contribution in [2.24, 2.45) is 5.73 Å². The Labute approximate surface area is 125 Å². The summed E-state index contributed by atoms with van der Waals surface area (Å²) in [7, 11) is 0. The summed E-state index contributed by atoms with van der Waals surface area (Å²) < 4.78 is 5.49. The van der Waals surface area contributed by atoms with Crippen LogP contribution in [0, 0.1) is 13.8 Å². The van der Waals surface area contributed by atoms with E-state index in [2.05, 4.69) is 5.32 Å². The molecule has 2 atom stereocenters. The van der Waals surface area contributed by atoms with E-state index >= 15 is 0 Å². The van der Waals surface area contributed by atoms with Gasteiger partial charge in [0.05, 0.1) is 12.1 Å². The Morgan fingerprint density at radius 2 is 1.95 bits per heavy atom. The van der Waals surface area contributed by atoms with Gasteiger partial charge in [-0.1, -0.05) is 30.3 Å². The third kappa shape index (κ3) is 3.95. The first-order valence-electron chi connectivity index (χ1n) is 7.14. The maximum Gasteiger partial charge on any atom is 0.237 e. The zero-order chi connectivity index (χ0) is 15.4. The van der Waals surface area contributed by atoms with Crippen molar-refractivity contribution in [1.82, 2.24) is 5.32 Å². The van der Waals surface area contributed by atoms with Gasteiger partial charge in [0.2, 0.25) is 5.91 Å². The zero-order valence-corrected chi connectivity index (χ0v) is 12.7. The van der Waals surface area contributed by atoms with Crippen molar-refractivity contribution >= 4 is 5.91 Å². The fourth-order valence-corrected chi connectivity index (χ4v) is 2.44. The molecule has 0 spiro atoms. The Morgan fingerprint density at radius 1 is 1.29 bits per heavy atom. The minimum absolute atomic E-state index is 0.114. The van der Waals surface area contributed by atoms with Gasteiger partial charge in [0.25, 0.3) is 0 Å². The van der Waals surface area contributed by atoms with Crippen LogP contribution in [0.2, 0.25) is 0 Å². The molecular weight excluding hydrogens is 264 g/mol. The van der Waals surface area contributed by atoms with E-state index in [1.54, 1.807) is 0 Å². The molecule has 0 fully saturated rings. The highest BCUT2D eigenvalue weighted by Gasteiger charge is 2.19. The summed E-state index contributed by atoms with van der Waals surface area (Å²) in [5.41, 5.74) is 8.04. The summed E-state index contributed by atoms with van der Waals surface area (Å²) in [5, 5.41) is 2.95. The van der Waals surface area contributed by atoms with E-state index in [-0.39, 0.29) is 11.9 Å². The molecule has 21 heavy (non-hydrogen) atoms. The number of benzene rings is 1. The number of hydrogen-bond acceptors (Lipinski definition) is 3.